The number of pyridine rings is 1. The maximum atomic E-state index is 6.08. The van der Waals surface area contributed by atoms with Crippen LogP contribution in [0.1, 0.15) is 19.4 Å². The van der Waals surface area contributed by atoms with Crippen molar-refractivity contribution in [3.8, 4) is 0 Å². The molecule has 23 heavy (non-hydrogen) atoms. The number of nitrogens with two attached hydrogens (primary N) is 1. The molecule has 0 radical (unpaired) electrons. The van der Waals surface area contributed by atoms with Crippen LogP contribution in [0.5, 0.6) is 0 Å². The molecule has 1 aromatic heterocycles. The first-order valence-corrected chi connectivity index (χ1v) is 7.67. The van der Waals surface area contributed by atoms with Gasteiger partial charge < -0.3 is 15.5 Å². The highest BCUT2D eigenvalue weighted by molar-refractivity contribution is 14.0. The fourth-order valence-electron chi connectivity index (χ4n) is 2.41. The summed E-state index contributed by atoms with van der Waals surface area (Å²) in [5, 5.41) is 1.13. The largest absolute Gasteiger partial charge is 0.370 e. The highest BCUT2D eigenvalue weighted by atomic mass is 127. The second-order valence-electron chi connectivity index (χ2n) is 5.40. The van der Waals surface area contributed by atoms with Gasteiger partial charge in [-0.2, -0.15) is 0 Å². The standard InChI is InChI=1S/C17H25N5.HI/c1-5-22(6-2)17(18)19-12-13-11-16(21(3)4)20-15-10-8-7-9-14(13)15;/h7-11H,5-6,12H2,1-4H3,(H2,18,19);1H. The number of aromatic nitrogens is 1. The van der Waals surface area contributed by atoms with Crippen molar-refractivity contribution >= 4 is 46.7 Å². The first-order chi connectivity index (χ1) is 10.6. The third-order valence-corrected chi connectivity index (χ3v) is 3.75. The van der Waals surface area contributed by atoms with Crippen LogP contribution >= 0.6 is 24.0 Å². The topological polar surface area (TPSA) is 57.8 Å². The SMILES string of the molecule is CCN(CC)C(N)=NCc1cc(N(C)C)nc2ccccc12.I. The van der Waals surface area contributed by atoms with Crippen LogP contribution in [0.15, 0.2) is 35.3 Å². The average molecular weight is 427 g/mol. The Hall–Kier alpha value is -1.57. The predicted octanol–water partition coefficient (Wildman–Crippen LogP) is 3.08. The van der Waals surface area contributed by atoms with Crippen molar-refractivity contribution in [3.63, 3.8) is 0 Å². The van der Waals surface area contributed by atoms with E-state index in [1.807, 2.05) is 37.2 Å². The normalized spacial score (nSPS) is 11.2. The predicted molar refractivity (Wildman–Crippen MR) is 110 cm³/mol. The van der Waals surface area contributed by atoms with Crippen molar-refractivity contribution in [2.75, 3.05) is 32.1 Å². The van der Waals surface area contributed by atoms with E-state index in [0.717, 1.165) is 35.4 Å². The molecule has 0 fully saturated rings. The van der Waals surface area contributed by atoms with Crippen LogP contribution in [0, 0.1) is 0 Å². The molecule has 5 nitrogen and oxygen atoms in total. The molecule has 0 unspecified atom stereocenters. The van der Waals surface area contributed by atoms with Crippen molar-refractivity contribution in [2.24, 2.45) is 10.7 Å². The van der Waals surface area contributed by atoms with Gasteiger partial charge in [0.25, 0.3) is 0 Å². The summed E-state index contributed by atoms with van der Waals surface area (Å²) >= 11 is 0. The molecule has 1 aromatic carbocycles. The lowest BCUT2D eigenvalue weighted by molar-refractivity contribution is 0.458. The van der Waals surface area contributed by atoms with Crippen LogP contribution < -0.4 is 10.6 Å². The van der Waals surface area contributed by atoms with Gasteiger partial charge in [-0.3, -0.25) is 0 Å². The van der Waals surface area contributed by atoms with Gasteiger partial charge in [0.15, 0.2) is 5.96 Å². The van der Waals surface area contributed by atoms with Crippen LogP contribution in [0.2, 0.25) is 0 Å². The first-order valence-electron chi connectivity index (χ1n) is 7.67. The number of rotatable bonds is 5. The van der Waals surface area contributed by atoms with E-state index in [1.165, 1.54) is 0 Å². The van der Waals surface area contributed by atoms with E-state index in [2.05, 4.69) is 40.9 Å². The summed E-state index contributed by atoms with van der Waals surface area (Å²) in [4.78, 5) is 13.3. The number of para-hydroxylation sites is 1. The lowest BCUT2D eigenvalue weighted by Crippen LogP contribution is -2.37. The minimum atomic E-state index is 0. The summed E-state index contributed by atoms with van der Waals surface area (Å²) in [6.45, 7) is 6.46. The Bertz CT molecular complexity index is 665. The van der Waals surface area contributed by atoms with Crippen molar-refractivity contribution in [1.82, 2.24) is 9.88 Å². The summed E-state index contributed by atoms with van der Waals surface area (Å²) in [5.41, 5.74) is 8.21. The number of halogens is 1. The first kappa shape index (κ1) is 19.5. The third kappa shape index (κ3) is 4.70. The van der Waals surface area contributed by atoms with Gasteiger partial charge in [-0.25, -0.2) is 9.98 Å². The lowest BCUT2D eigenvalue weighted by Gasteiger charge is -2.19. The van der Waals surface area contributed by atoms with Crippen LogP contribution in [-0.4, -0.2) is 43.0 Å². The van der Waals surface area contributed by atoms with E-state index in [1.54, 1.807) is 0 Å². The molecule has 126 valence electrons. The lowest BCUT2D eigenvalue weighted by atomic mass is 10.1. The smallest absolute Gasteiger partial charge is 0.191 e. The van der Waals surface area contributed by atoms with Crippen LogP contribution in [0.4, 0.5) is 5.82 Å². The number of anilines is 1. The molecule has 0 aliphatic carbocycles. The summed E-state index contributed by atoms with van der Waals surface area (Å²) in [6, 6.07) is 10.2. The van der Waals surface area contributed by atoms with Crippen molar-refractivity contribution in [1.29, 1.82) is 0 Å². The minimum Gasteiger partial charge on any atom is -0.370 e. The molecule has 0 spiro atoms. The Balaban J connectivity index is 0.00000264. The van der Waals surface area contributed by atoms with E-state index < -0.39 is 0 Å². The van der Waals surface area contributed by atoms with Gasteiger partial charge in [0.1, 0.15) is 5.82 Å². The molecular weight excluding hydrogens is 401 g/mol. The van der Waals surface area contributed by atoms with Crippen molar-refractivity contribution < 1.29 is 0 Å². The summed E-state index contributed by atoms with van der Waals surface area (Å²) < 4.78 is 0. The minimum absolute atomic E-state index is 0. The fourth-order valence-corrected chi connectivity index (χ4v) is 2.41. The molecule has 0 saturated heterocycles. The highest BCUT2D eigenvalue weighted by Gasteiger charge is 2.08. The van der Waals surface area contributed by atoms with Crippen molar-refractivity contribution in [2.45, 2.75) is 20.4 Å². The van der Waals surface area contributed by atoms with Gasteiger partial charge in [0.2, 0.25) is 0 Å². The number of hydrogen-bond acceptors (Lipinski definition) is 3. The number of hydrogen-bond donors (Lipinski definition) is 1. The zero-order valence-corrected chi connectivity index (χ0v) is 16.6. The van der Waals surface area contributed by atoms with E-state index in [0.29, 0.717) is 12.5 Å². The molecule has 0 aliphatic rings. The molecule has 0 bridgehead atoms. The zero-order chi connectivity index (χ0) is 16.1. The molecule has 2 N–H and O–H groups in total. The second kappa shape index (κ2) is 8.90. The number of fused-ring (bicyclic) bond motifs is 1. The molecule has 0 aliphatic heterocycles. The number of guanidine groups is 1. The van der Waals surface area contributed by atoms with Gasteiger partial charge >= 0.3 is 0 Å². The van der Waals surface area contributed by atoms with E-state index in [9.17, 15) is 0 Å². The molecule has 6 heteroatoms. The molecule has 0 saturated carbocycles. The Morgan fingerprint density at radius 3 is 2.43 bits per heavy atom. The van der Waals surface area contributed by atoms with Crippen LogP contribution in [-0.2, 0) is 6.54 Å². The van der Waals surface area contributed by atoms with Gasteiger partial charge in [0.05, 0.1) is 12.1 Å². The number of aliphatic imine (C=N–C) groups is 1. The Morgan fingerprint density at radius 2 is 1.83 bits per heavy atom. The Morgan fingerprint density at radius 1 is 1.17 bits per heavy atom. The van der Waals surface area contributed by atoms with Gasteiger partial charge in [-0.05, 0) is 31.5 Å². The quantitative estimate of drug-likeness (QED) is 0.453. The molecule has 2 aromatic rings. The second-order valence-corrected chi connectivity index (χ2v) is 5.40. The van der Waals surface area contributed by atoms with E-state index in [4.69, 9.17) is 5.73 Å². The monoisotopic (exact) mass is 427 g/mol. The summed E-state index contributed by atoms with van der Waals surface area (Å²) in [6.07, 6.45) is 0. The van der Waals surface area contributed by atoms with Gasteiger partial charge in [-0.15, -0.1) is 24.0 Å². The van der Waals surface area contributed by atoms with Crippen LogP contribution in [0.3, 0.4) is 0 Å². The van der Waals surface area contributed by atoms with Gasteiger partial charge in [0, 0.05) is 32.6 Å². The van der Waals surface area contributed by atoms with E-state index >= 15 is 0 Å². The summed E-state index contributed by atoms with van der Waals surface area (Å²) in [7, 11) is 3.99. The third-order valence-electron chi connectivity index (χ3n) is 3.75. The van der Waals surface area contributed by atoms with Crippen molar-refractivity contribution in [3.05, 3.63) is 35.9 Å². The van der Waals surface area contributed by atoms with Gasteiger partial charge in [-0.1, -0.05) is 18.2 Å². The number of benzene rings is 1. The fraction of sp³-hybridized carbons (Fsp3) is 0.412. The maximum absolute atomic E-state index is 6.08. The van der Waals surface area contributed by atoms with Crippen LogP contribution in [0.25, 0.3) is 10.9 Å². The zero-order valence-electron chi connectivity index (χ0n) is 14.3. The number of nitrogens with zero attached hydrogens (tertiary/aromatic N) is 4. The summed E-state index contributed by atoms with van der Waals surface area (Å²) in [5.74, 6) is 1.53. The molecule has 1 heterocycles. The molecule has 2 rings (SSSR count). The molecular formula is C17H26IN5. The molecule has 0 atom stereocenters. The Kier molecular flexibility index (Phi) is 7.54. The maximum Gasteiger partial charge on any atom is 0.191 e. The Labute approximate surface area is 155 Å². The molecule has 0 amide bonds. The highest BCUT2D eigenvalue weighted by Crippen LogP contribution is 2.22. The average Bonchev–Trinajstić information content (AvgIpc) is 2.53. The van der Waals surface area contributed by atoms with E-state index in [-0.39, 0.29) is 24.0 Å².